The van der Waals surface area contributed by atoms with Crippen molar-refractivity contribution in [3.63, 3.8) is 0 Å². The van der Waals surface area contributed by atoms with Crippen LogP contribution in [-0.2, 0) is 9.84 Å². The molecule has 1 aromatic heterocycles. The molecule has 0 amide bonds. The largest absolute Gasteiger partial charge is 0.352 e. The summed E-state index contributed by atoms with van der Waals surface area (Å²) in [7, 11) is -2.89. The second-order valence-electron chi connectivity index (χ2n) is 4.89. The van der Waals surface area contributed by atoms with Gasteiger partial charge >= 0.3 is 0 Å². The summed E-state index contributed by atoms with van der Waals surface area (Å²) < 4.78 is 23.1. The molecule has 1 aliphatic rings. The molecule has 2 atom stereocenters. The molecule has 0 bridgehead atoms. The molecule has 0 aromatic carbocycles. The number of rotatable bonds is 2. The van der Waals surface area contributed by atoms with Gasteiger partial charge in [-0.2, -0.15) is 0 Å². The molecule has 100 valence electrons. The van der Waals surface area contributed by atoms with Crippen molar-refractivity contribution in [2.75, 3.05) is 23.0 Å². The standard InChI is InChI=1S/C12H19N3O2S/c1-9-8-18(16,17)6-5-15(9)12-7-11(10(2)13)3-4-14-12/h3-4,7,9-10H,5-6,8,13H2,1-2H3. The molecule has 2 heterocycles. The summed E-state index contributed by atoms with van der Waals surface area (Å²) >= 11 is 0. The van der Waals surface area contributed by atoms with Crippen LogP contribution < -0.4 is 10.6 Å². The third-order valence-electron chi connectivity index (χ3n) is 3.26. The molecule has 2 rings (SSSR count). The van der Waals surface area contributed by atoms with Crippen LogP contribution in [0.1, 0.15) is 25.5 Å². The molecule has 1 fully saturated rings. The molecule has 2 N–H and O–H groups in total. The SMILES string of the molecule is CC(N)c1ccnc(N2CCS(=O)(=O)CC2C)c1. The predicted octanol–water partition coefficient (Wildman–Crippen LogP) is 0.725. The topological polar surface area (TPSA) is 76.3 Å². The number of sulfone groups is 1. The lowest BCUT2D eigenvalue weighted by atomic mass is 10.1. The molecule has 1 saturated heterocycles. The lowest BCUT2D eigenvalue weighted by Gasteiger charge is -2.34. The van der Waals surface area contributed by atoms with E-state index in [1.54, 1.807) is 6.20 Å². The van der Waals surface area contributed by atoms with Crippen LogP contribution in [0.4, 0.5) is 5.82 Å². The molecule has 18 heavy (non-hydrogen) atoms. The Morgan fingerprint density at radius 3 is 2.89 bits per heavy atom. The van der Waals surface area contributed by atoms with Gasteiger partial charge in [0.15, 0.2) is 9.84 Å². The van der Waals surface area contributed by atoms with Crippen molar-refractivity contribution in [3.8, 4) is 0 Å². The average molecular weight is 269 g/mol. The van der Waals surface area contributed by atoms with Gasteiger partial charge in [0.1, 0.15) is 5.82 Å². The van der Waals surface area contributed by atoms with Gasteiger partial charge in [0.2, 0.25) is 0 Å². The number of hydrogen-bond acceptors (Lipinski definition) is 5. The van der Waals surface area contributed by atoms with E-state index in [1.807, 2.05) is 30.9 Å². The third-order valence-corrected chi connectivity index (χ3v) is 5.05. The maximum Gasteiger partial charge on any atom is 0.154 e. The first-order valence-electron chi connectivity index (χ1n) is 6.07. The highest BCUT2D eigenvalue weighted by molar-refractivity contribution is 7.91. The Labute approximate surface area is 108 Å². The average Bonchev–Trinajstić information content (AvgIpc) is 2.28. The van der Waals surface area contributed by atoms with E-state index in [-0.39, 0.29) is 23.6 Å². The fraction of sp³-hybridized carbons (Fsp3) is 0.583. The van der Waals surface area contributed by atoms with E-state index < -0.39 is 9.84 Å². The fourth-order valence-electron chi connectivity index (χ4n) is 2.21. The van der Waals surface area contributed by atoms with Gasteiger partial charge < -0.3 is 10.6 Å². The molecular formula is C12H19N3O2S. The van der Waals surface area contributed by atoms with Crippen LogP contribution in [0.15, 0.2) is 18.3 Å². The predicted molar refractivity (Wildman–Crippen MR) is 72.3 cm³/mol. The first kappa shape index (κ1) is 13.3. The summed E-state index contributed by atoms with van der Waals surface area (Å²) in [6.45, 7) is 4.33. The zero-order valence-electron chi connectivity index (χ0n) is 10.7. The number of hydrogen-bond donors (Lipinski definition) is 1. The van der Waals surface area contributed by atoms with Crippen molar-refractivity contribution in [1.29, 1.82) is 0 Å². The second kappa shape index (κ2) is 4.85. The van der Waals surface area contributed by atoms with Gasteiger partial charge in [0.05, 0.1) is 11.5 Å². The lowest BCUT2D eigenvalue weighted by molar-refractivity contribution is 0.566. The second-order valence-corrected chi connectivity index (χ2v) is 7.12. The van der Waals surface area contributed by atoms with E-state index in [2.05, 4.69) is 4.98 Å². The van der Waals surface area contributed by atoms with Crippen LogP contribution in [0.25, 0.3) is 0 Å². The number of nitrogens with zero attached hydrogens (tertiary/aromatic N) is 2. The van der Waals surface area contributed by atoms with Crippen molar-refractivity contribution < 1.29 is 8.42 Å². The van der Waals surface area contributed by atoms with Crippen LogP contribution >= 0.6 is 0 Å². The van der Waals surface area contributed by atoms with Crippen molar-refractivity contribution in [3.05, 3.63) is 23.9 Å². The number of nitrogens with two attached hydrogens (primary N) is 1. The minimum absolute atomic E-state index is 0.0421. The van der Waals surface area contributed by atoms with E-state index in [4.69, 9.17) is 5.73 Å². The Hall–Kier alpha value is -1.14. The van der Waals surface area contributed by atoms with Crippen molar-refractivity contribution in [2.45, 2.75) is 25.9 Å². The summed E-state index contributed by atoms with van der Waals surface area (Å²) in [5.41, 5.74) is 6.86. The van der Waals surface area contributed by atoms with Crippen LogP contribution in [0, 0.1) is 0 Å². The fourth-order valence-corrected chi connectivity index (χ4v) is 3.77. The van der Waals surface area contributed by atoms with Crippen molar-refractivity contribution in [1.82, 2.24) is 4.98 Å². The summed E-state index contributed by atoms with van der Waals surface area (Å²) in [6.07, 6.45) is 1.73. The van der Waals surface area contributed by atoms with Gasteiger partial charge in [-0.1, -0.05) is 0 Å². The summed E-state index contributed by atoms with van der Waals surface area (Å²) in [5, 5.41) is 0. The first-order valence-corrected chi connectivity index (χ1v) is 7.90. The Morgan fingerprint density at radius 2 is 2.28 bits per heavy atom. The van der Waals surface area contributed by atoms with E-state index in [1.165, 1.54) is 0 Å². The van der Waals surface area contributed by atoms with Gasteiger partial charge in [-0.15, -0.1) is 0 Å². The van der Waals surface area contributed by atoms with Gasteiger partial charge in [0.25, 0.3) is 0 Å². The molecule has 1 aliphatic heterocycles. The van der Waals surface area contributed by atoms with Crippen molar-refractivity contribution in [2.24, 2.45) is 5.73 Å². The smallest absolute Gasteiger partial charge is 0.154 e. The van der Waals surface area contributed by atoms with Crippen molar-refractivity contribution >= 4 is 15.7 Å². The number of anilines is 1. The minimum atomic E-state index is -2.89. The molecule has 0 radical (unpaired) electrons. The maximum atomic E-state index is 11.5. The van der Waals surface area contributed by atoms with Gasteiger partial charge in [-0.05, 0) is 31.5 Å². The van der Waals surface area contributed by atoms with Crippen LogP contribution in [0.3, 0.4) is 0 Å². The van der Waals surface area contributed by atoms with Gasteiger partial charge in [-0.3, -0.25) is 0 Å². The number of pyridine rings is 1. The highest BCUT2D eigenvalue weighted by Gasteiger charge is 2.28. The Balaban J connectivity index is 2.24. The molecule has 2 unspecified atom stereocenters. The van der Waals surface area contributed by atoms with E-state index in [9.17, 15) is 8.42 Å². The highest BCUT2D eigenvalue weighted by atomic mass is 32.2. The molecule has 6 heteroatoms. The molecule has 0 spiro atoms. The highest BCUT2D eigenvalue weighted by Crippen LogP contribution is 2.22. The van der Waals surface area contributed by atoms with Gasteiger partial charge in [0, 0.05) is 24.8 Å². The Kier molecular flexibility index (Phi) is 3.59. The molecular weight excluding hydrogens is 250 g/mol. The van der Waals surface area contributed by atoms with E-state index >= 15 is 0 Å². The zero-order valence-corrected chi connectivity index (χ0v) is 11.5. The van der Waals surface area contributed by atoms with Gasteiger partial charge in [-0.25, -0.2) is 13.4 Å². The molecule has 5 nitrogen and oxygen atoms in total. The van der Waals surface area contributed by atoms with E-state index in [0.717, 1.165) is 11.4 Å². The van der Waals surface area contributed by atoms with Crippen LogP contribution in [0.5, 0.6) is 0 Å². The van der Waals surface area contributed by atoms with E-state index in [0.29, 0.717) is 6.54 Å². The van der Waals surface area contributed by atoms with Crippen LogP contribution in [0.2, 0.25) is 0 Å². The molecule has 0 saturated carbocycles. The maximum absolute atomic E-state index is 11.5. The Bertz CT molecular complexity index is 528. The first-order chi connectivity index (χ1) is 8.39. The summed E-state index contributed by atoms with van der Waals surface area (Å²) in [5.74, 6) is 1.20. The Morgan fingerprint density at radius 1 is 1.56 bits per heavy atom. The quantitative estimate of drug-likeness (QED) is 0.856. The number of aromatic nitrogens is 1. The normalized spacial score (nSPS) is 24.8. The lowest BCUT2D eigenvalue weighted by Crippen LogP contribution is -2.47. The monoisotopic (exact) mass is 269 g/mol. The third kappa shape index (κ3) is 2.81. The molecule has 0 aliphatic carbocycles. The zero-order chi connectivity index (χ0) is 13.3. The summed E-state index contributed by atoms with van der Waals surface area (Å²) in [4.78, 5) is 6.35. The summed E-state index contributed by atoms with van der Waals surface area (Å²) in [6, 6.07) is 3.74. The molecule has 1 aromatic rings. The minimum Gasteiger partial charge on any atom is -0.352 e. The van der Waals surface area contributed by atoms with Crippen LogP contribution in [-0.4, -0.2) is 37.5 Å².